The topological polar surface area (TPSA) is 98.3 Å². The summed E-state index contributed by atoms with van der Waals surface area (Å²) < 4.78 is 5.09. The molecule has 17 heavy (non-hydrogen) atoms. The molecule has 1 aromatic carbocycles. The fourth-order valence-electron chi connectivity index (χ4n) is 1.04. The van der Waals surface area contributed by atoms with Gasteiger partial charge in [0.15, 0.2) is 0 Å². The second-order valence-electron chi connectivity index (χ2n) is 4.25. The van der Waals surface area contributed by atoms with Gasteiger partial charge in [0.2, 0.25) is 0 Å². The fraction of sp³-hybridized carbons (Fsp3) is 0.364. The van der Waals surface area contributed by atoms with Crippen LogP contribution in [0.5, 0.6) is 0 Å². The van der Waals surface area contributed by atoms with Gasteiger partial charge in [-0.1, -0.05) is 0 Å². The summed E-state index contributed by atoms with van der Waals surface area (Å²) in [6.07, 6.45) is -0.479. The quantitative estimate of drug-likeness (QED) is 0.747. The Morgan fingerprint density at radius 3 is 2.35 bits per heavy atom. The Morgan fingerprint density at radius 2 is 1.88 bits per heavy atom. The van der Waals surface area contributed by atoms with E-state index >= 15 is 0 Å². The molecule has 0 aromatic heterocycles. The van der Waals surface area contributed by atoms with E-state index in [1.165, 1.54) is 0 Å². The van der Waals surface area contributed by atoms with Gasteiger partial charge >= 0.3 is 90.6 Å². The maximum atomic E-state index is 11.4. The van der Waals surface area contributed by atoms with Crippen LogP contribution < -0.4 is 10.8 Å². The van der Waals surface area contributed by atoms with Crippen molar-refractivity contribution in [3.8, 4) is 0 Å². The van der Waals surface area contributed by atoms with E-state index in [2.05, 4.69) is 5.32 Å². The van der Waals surface area contributed by atoms with Crippen LogP contribution in [-0.2, 0) is 4.74 Å². The SMILES string of the molecule is [B+2]c1cccc(NC(=O)OC(C)(C)C)c1.[OH-].[OH-]. The van der Waals surface area contributed by atoms with Gasteiger partial charge in [-0.15, -0.1) is 0 Å². The number of carbonyl (C=O) groups excluding carboxylic acids is 1. The minimum Gasteiger partial charge on any atom is -0.870 e. The van der Waals surface area contributed by atoms with Crippen LogP contribution in [0.2, 0.25) is 0 Å². The fourth-order valence-corrected chi connectivity index (χ4v) is 1.04. The summed E-state index contributed by atoms with van der Waals surface area (Å²) >= 11 is 0. The number of carbonyl (C=O) groups is 1. The molecule has 5 nitrogen and oxygen atoms in total. The molecule has 0 saturated heterocycles. The minimum absolute atomic E-state index is 0. The number of nitrogens with one attached hydrogen (secondary N) is 1. The third kappa shape index (κ3) is 7.38. The summed E-state index contributed by atoms with van der Waals surface area (Å²) in [5.41, 5.74) is 0.734. The summed E-state index contributed by atoms with van der Waals surface area (Å²) in [4.78, 5) is 11.4. The van der Waals surface area contributed by atoms with Crippen molar-refractivity contribution < 1.29 is 20.5 Å². The first-order valence-corrected chi connectivity index (χ1v) is 4.72. The van der Waals surface area contributed by atoms with Gasteiger partial charge < -0.3 is 11.0 Å². The van der Waals surface area contributed by atoms with E-state index in [1.807, 2.05) is 20.8 Å². The standard InChI is InChI=1S/C11H14BNO2.2H2O/c1-11(2,3)15-10(14)13-9-6-4-5-8(12)7-9;;/h4-7H,1-3H3,(H,13,14);2*1H2/q+2;;/p-2. The average Bonchev–Trinajstić information content (AvgIpc) is 1.99. The molecule has 0 aliphatic heterocycles. The van der Waals surface area contributed by atoms with Gasteiger partial charge in [0.05, 0.1) is 0 Å². The van der Waals surface area contributed by atoms with Crippen molar-refractivity contribution in [2.75, 3.05) is 5.32 Å². The van der Waals surface area contributed by atoms with Gasteiger partial charge in [-0.25, -0.2) is 0 Å². The summed E-state index contributed by atoms with van der Waals surface area (Å²) in [5.74, 6) is 0. The number of rotatable bonds is 1. The second kappa shape index (κ2) is 6.93. The number of benzene rings is 1. The zero-order valence-electron chi connectivity index (χ0n) is 10.1. The summed E-state index contributed by atoms with van der Waals surface area (Å²) in [5, 5.41) is 2.60. The summed E-state index contributed by atoms with van der Waals surface area (Å²) in [6, 6.07) is 6.94. The van der Waals surface area contributed by atoms with Crippen LogP contribution in [0, 0.1) is 0 Å². The minimum atomic E-state index is -0.496. The molecule has 0 spiro atoms. The molecule has 0 radical (unpaired) electrons. The van der Waals surface area contributed by atoms with E-state index in [0.29, 0.717) is 11.2 Å². The molecule has 0 bridgehead atoms. The molecule has 1 aromatic rings. The van der Waals surface area contributed by atoms with Crippen molar-refractivity contribution in [1.29, 1.82) is 0 Å². The Kier molecular flexibility index (Phi) is 7.28. The van der Waals surface area contributed by atoms with Crippen molar-refractivity contribution in [3.63, 3.8) is 0 Å². The van der Waals surface area contributed by atoms with Crippen LogP contribution in [0.4, 0.5) is 10.5 Å². The molecule has 1 amide bonds. The monoisotopic (exact) mass is 237 g/mol. The third-order valence-electron chi connectivity index (χ3n) is 1.53. The Morgan fingerprint density at radius 1 is 1.29 bits per heavy atom. The number of hydrogen-bond acceptors (Lipinski definition) is 4. The molecule has 92 valence electrons. The Balaban J connectivity index is 0. The molecule has 0 aliphatic carbocycles. The predicted octanol–water partition coefficient (Wildman–Crippen LogP) is 1.47. The Bertz CT molecular complexity index is 363. The van der Waals surface area contributed by atoms with Gasteiger partial charge in [-0.05, 0) is 0 Å². The van der Waals surface area contributed by atoms with Crippen LogP contribution >= 0.6 is 0 Å². The van der Waals surface area contributed by atoms with Crippen molar-refractivity contribution in [2.24, 2.45) is 0 Å². The molecule has 0 aliphatic rings. The molecule has 0 unspecified atom stereocenters. The Hall–Kier alpha value is -1.53. The van der Waals surface area contributed by atoms with Crippen LogP contribution in [0.15, 0.2) is 24.3 Å². The van der Waals surface area contributed by atoms with Crippen molar-refractivity contribution in [2.45, 2.75) is 26.4 Å². The van der Waals surface area contributed by atoms with Crippen molar-refractivity contribution in [1.82, 2.24) is 0 Å². The molecule has 6 heteroatoms. The second-order valence-corrected chi connectivity index (χ2v) is 4.25. The molecular weight excluding hydrogens is 221 g/mol. The maximum absolute atomic E-state index is 11.4. The van der Waals surface area contributed by atoms with E-state index in [9.17, 15) is 4.79 Å². The zero-order valence-corrected chi connectivity index (χ0v) is 10.1. The van der Waals surface area contributed by atoms with Gasteiger partial charge in [0, 0.05) is 0 Å². The normalized spacial score (nSPS) is 9.71. The smallest absolute Gasteiger partial charge is 0.870 e. The first-order valence-electron chi connectivity index (χ1n) is 4.72. The van der Waals surface area contributed by atoms with E-state index < -0.39 is 11.7 Å². The molecule has 0 atom stereocenters. The van der Waals surface area contributed by atoms with Gasteiger partial charge in [-0.3, -0.25) is 0 Å². The Labute approximate surface area is 102 Å². The first-order chi connectivity index (χ1) is 6.87. The number of hydrogen-bond donors (Lipinski definition) is 1. The summed E-state index contributed by atoms with van der Waals surface area (Å²) in [6.45, 7) is 5.43. The van der Waals surface area contributed by atoms with Gasteiger partial charge in [0.25, 0.3) is 0 Å². The van der Waals surface area contributed by atoms with Crippen LogP contribution in [0.1, 0.15) is 20.8 Å². The largest absolute Gasteiger partial charge is 0.870 e. The number of anilines is 1. The number of amides is 1. The average molecular weight is 237 g/mol. The maximum Gasteiger partial charge on any atom is -0.870 e. The molecule has 3 N–H and O–H groups in total. The predicted molar refractivity (Wildman–Crippen MR) is 65.6 cm³/mol. The summed E-state index contributed by atoms with van der Waals surface area (Å²) in [7, 11) is 5.57. The van der Waals surface area contributed by atoms with E-state index in [4.69, 9.17) is 12.6 Å². The number of ether oxygens (including phenoxy) is 1. The van der Waals surface area contributed by atoms with Crippen molar-refractivity contribution in [3.05, 3.63) is 24.3 Å². The molecule has 0 saturated carbocycles. The van der Waals surface area contributed by atoms with Crippen LogP contribution in [0.3, 0.4) is 0 Å². The molecule has 1 rings (SSSR count). The van der Waals surface area contributed by atoms with Crippen LogP contribution in [-0.4, -0.2) is 30.5 Å². The van der Waals surface area contributed by atoms with Gasteiger partial charge in [0.1, 0.15) is 0 Å². The van der Waals surface area contributed by atoms with Gasteiger partial charge in [-0.2, -0.15) is 0 Å². The van der Waals surface area contributed by atoms with Crippen molar-refractivity contribution >= 4 is 25.1 Å². The van der Waals surface area contributed by atoms with E-state index in [1.54, 1.807) is 24.3 Å². The van der Waals surface area contributed by atoms with E-state index in [-0.39, 0.29) is 11.0 Å². The first kappa shape index (κ1) is 17.9. The van der Waals surface area contributed by atoms with Crippen LogP contribution in [0.25, 0.3) is 0 Å². The molecule has 0 fully saturated rings. The molecule has 0 heterocycles. The third-order valence-corrected chi connectivity index (χ3v) is 1.53. The van der Waals surface area contributed by atoms with E-state index in [0.717, 1.165) is 0 Å². The zero-order chi connectivity index (χ0) is 11.5. The molecular formula is C11H16BNO4.